The molecule has 0 amide bonds. The van der Waals surface area contributed by atoms with E-state index in [-0.39, 0.29) is 5.82 Å². The fourth-order valence-corrected chi connectivity index (χ4v) is 3.12. The highest BCUT2D eigenvalue weighted by Crippen LogP contribution is 2.30. The van der Waals surface area contributed by atoms with Crippen LogP contribution in [0.2, 0.25) is 0 Å². The molecule has 5 heteroatoms. The van der Waals surface area contributed by atoms with Gasteiger partial charge in [-0.1, -0.05) is 55.5 Å². The molecule has 0 radical (unpaired) electrons. The maximum Gasteiger partial charge on any atom is 0.247 e. The van der Waals surface area contributed by atoms with Gasteiger partial charge in [-0.05, 0) is 47.9 Å². The Hall–Kier alpha value is -3.47. The minimum absolute atomic E-state index is 0.285. The van der Waals surface area contributed by atoms with E-state index in [0.717, 1.165) is 23.2 Å². The van der Waals surface area contributed by atoms with Crippen LogP contribution in [0, 0.1) is 5.82 Å². The van der Waals surface area contributed by atoms with E-state index in [2.05, 4.69) is 28.5 Å². The van der Waals surface area contributed by atoms with Crippen molar-refractivity contribution in [3.63, 3.8) is 0 Å². The minimum Gasteiger partial charge on any atom is -0.418 e. The number of hydrogen-bond acceptors (Lipinski definition) is 4. The van der Waals surface area contributed by atoms with Crippen LogP contribution in [-0.2, 0) is 6.42 Å². The molecule has 0 saturated carbocycles. The van der Waals surface area contributed by atoms with Crippen molar-refractivity contribution in [3.05, 3.63) is 102 Å². The second-order valence-corrected chi connectivity index (χ2v) is 6.45. The lowest BCUT2D eigenvalue weighted by Crippen LogP contribution is -2.14. The second kappa shape index (κ2) is 8.05. The Balaban J connectivity index is 1.73. The molecule has 0 bridgehead atoms. The highest BCUT2D eigenvalue weighted by Gasteiger charge is 2.22. The van der Waals surface area contributed by atoms with E-state index in [1.807, 2.05) is 48.5 Å². The van der Waals surface area contributed by atoms with Gasteiger partial charge in [0.2, 0.25) is 11.8 Å². The third kappa shape index (κ3) is 3.78. The van der Waals surface area contributed by atoms with E-state index in [4.69, 9.17) is 4.42 Å². The molecule has 4 nitrogen and oxygen atoms in total. The van der Waals surface area contributed by atoms with Gasteiger partial charge in [0.1, 0.15) is 11.9 Å². The average Bonchev–Trinajstić information content (AvgIpc) is 3.24. The summed E-state index contributed by atoms with van der Waals surface area (Å²) in [6.45, 7) is 2.10. The molecule has 4 rings (SSSR count). The molecule has 0 aliphatic heterocycles. The van der Waals surface area contributed by atoms with Crippen molar-refractivity contribution in [2.75, 3.05) is 5.32 Å². The lowest BCUT2D eigenvalue weighted by atomic mass is 10.0. The summed E-state index contributed by atoms with van der Waals surface area (Å²) in [4.78, 5) is 0. The Morgan fingerprint density at radius 1 is 0.893 bits per heavy atom. The molecule has 28 heavy (non-hydrogen) atoms. The van der Waals surface area contributed by atoms with Crippen LogP contribution in [0.25, 0.3) is 11.5 Å². The summed E-state index contributed by atoms with van der Waals surface area (Å²) in [6, 6.07) is 23.6. The van der Waals surface area contributed by atoms with Crippen LogP contribution in [0.1, 0.15) is 30.0 Å². The van der Waals surface area contributed by atoms with Gasteiger partial charge in [-0.3, -0.25) is 0 Å². The summed E-state index contributed by atoms with van der Waals surface area (Å²) < 4.78 is 19.4. The number of nitrogens with zero attached hydrogens (tertiary/aromatic N) is 2. The average molecular weight is 373 g/mol. The Bertz CT molecular complexity index is 1040. The molecule has 3 aromatic carbocycles. The first-order valence-electron chi connectivity index (χ1n) is 9.23. The number of benzene rings is 3. The summed E-state index contributed by atoms with van der Waals surface area (Å²) in [5.41, 5.74) is 3.86. The van der Waals surface area contributed by atoms with Crippen molar-refractivity contribution >= 4 is 5.69 Å². The van der Waals surface area contributed by atoms with Gasteiger partial charge in [-0.25, -0.2) is 4.39 Å². The number of aryl methyl sites for hydroxylation is 1. The molecule has 0 unspecified atom stereocenters. The molecule has 4 aromatic rings. The van der Waals surface area contributed by atoms with Crippen LogP contribution in [0.3, 0.4) is 0 Å². The van der Waals surface area contributed by atoms with Gasteiger partial charge in [0.25, 0.3) is 0 Å². The first kappa shape index (κ1) is 17.9. The maximum atomic E-state index is 13.5. The zero-order valence-electron chi connectivity index (χ0n) is 15.5. The van der Waals surface area contributed by atoms with Crippen LogP contribution < -0.4 is 5.32 Å². The summed E-state index contributed by atoms with van der Waals surface area (Å²) >= 11 is 0. The van der Waals surface area contributed by atoms with Crippen LogP contribution >= 0.6 is 0 Å². The van der Waals surface area contributed by atoms with E-state index in [0.29, 0.717) is 11.8 Å². The molecule has 0 aliphatic rings. The predicted molar refractivity (Wildman–Crippen MR) is 107 cm³/mol. The first-order chi connectivity index (χ1) is 13.7. The fourth-order valence-electron chi connectivity index (χ4n) is 3.12. The molecule has 140 valence electrons. The number of halogens is 1. The first-order valence-corrected chi connectivity index (χ1v) is 9.23. The fraction of sp³-hybridized carbons (Fsp3) is 0.130. The van der Waals surface area contributed by atoms with Crippen molar-refractivity contribution in [1.29, 1.82) is 0 Å². The van der Waals surface area contributed by atoms with Gasteiger partial charge in [0, 0.05) is 11.3 Å². The topological polar surface area (TPSA) is 51.0 Å². The van der Waals surface area contributed by atoms with Crippen LogP contribution in [-0.4, -0.2) is 10.2 Å². The molecule has 1 heterocycles. The highest BCUT2D eigenvalue weighted by atomic mass is 19.1. The normalized spacial score (nSPS) is 11.9. The molecule has 0 saturated heterocycles. The van der Waals surface area contributed by atoms with Crippen LogP contribution in [0.15, 0.2) is 83.3 Å². The second-order valence-electron chi connectivity index (χ2n) is 6.45. The molecule has 0 fully saturated rings. The number of para-hydroxylation sites is 1. The van der Waals surface area contributed by atoms with Crippen molar-refractivity contribution in [1.82, 2.24) is 10.2 Å². The zero-order chi connectivity index (χ0) is 19.3. The van der Waals surface area contributed by atoms with Crippen LogP contribution in [0.5, 0.6) is 0 Å². The largest absolute Gasteiger partial charge is 0.418 e. The summed E-state index contributed by atoms with van der Waals surface area (Å²) in [5.74, 6) is 0.594. The Morgan fingerprint density at radius 3 is 2.36 bits per heavy atom. The van der Waals surface area contributed by atoms with E-state index < -0.39 is 6.04 Å². The molecular formula is C23H20FN3O. The highest BCUT2D eigenvalue weighted by molar-refractivity contribution is 5.55. The van der Waals surface area contributed by atoms with Gasteiger partial charge in [-0.15, -0.1) is 10.2 Å². The number of rotatable bonds is 6. The van der Waals surface area contributed by atoms with Gasteiger partial charge in [0.05, 0.1) is 0 Å². The summed E-state index contributed by atoms with van der Waals surface area (Å²) in [5, 5.41) is 12.0. The SMILES string of the molecule is CCc1ccccc1N[C@H](c1ccc(F)cc1)c1nnc(-c2ccccc2)o1. The van der Waals surface area contributed by atoms with E-state index >= 15 is 0 Å². The third-order valence-electron chi connectivity index (χ3n) is 4.61. The van der Waals surface area contributed by atoms with Crippen molar-refractivity contribution in [2.24, 2.45) is 0 Å². The summed E-state index contributed by atoms with van der Waals surface area (Å²) in [7, 11) is 0. The van der Waals surface area contributed by atoms with Gasteiger partial charge < -0.3 is 9.73 Å². The lowest BCUT2D eigenvalue weighted by Gasteiger charge is -2.19. The van der Waals surface area contributed by atoms with E-state index in [9.17, 15) is 4.39 Å². The third-order valence-corrected chi connectivity index (χ3v) is 4.61. The monoisotopic (exact) mass is 373 g/mol. The number of anilines is 1. The smallest absolute Gasteiger partial charge is 0.247 e. The zero-order valence-corrected chi connectivity index (χ0v) is 15.5. The number of nitrogens with one attached hydrogen (secondary N) is 1. The molecule has 1 atom stereocenters. The van der Waals surface area contributed by atoms with E-state index in [1.165, 1.54) is 17.7 Å². The number of hydrogen-bond donors (Lipinski definition) is 1. The van der Waals surface area contributed by atoms with Gasteiger partial charge in [0.15, 0.2) is 0 Å². The molecule has 0 spiro atoms. The quantitative estimate of drug-likeness (QED) is 0.475. The summed E-state index contributed by atoms with van der Waals surface area (Å²) in [6.07, 6.45) is 0.887. The number of aromatic nitrogens is 2. The van der Waals surface area contributed by atoms with Crippen molar-refractivity contribution in [3.8, 4) is 11.5 Å². The molecule has 0 aliphatic carbocycles. The Morgan fingerprint density at radius 2 is 1.61 bits per heavy atom. The van der Waals surface area contributed by atoms with Gasteiger partial charge >= 0.3 is 0 Å². The minimum atomic E-state index is -0.390. The van der Waals surface area contributed by atoms with Crippen LogP contribution in [0.4, 0.5) is 10.1 Å². The molecular weight excluding hydrogens is 353 g/mol. The standard InChI is InChI=1S/C23H20FN3O/c1-2-16-8-6-7-11-20(16)25-21(17-12-14-19(24)15-13-17)23-27-26-22(28-23)18-9-4-3-5-10-18/h3-15,21,25H,2H2,1H3/t21-/m1/s1. The molecule has 1 aromatic heterocycles. The maximum absolute atomic E-state index is 13.5. The van der Waals surface area contributed by atoms with E-state index in [1.54, 1.807) is 12.1 Å². The molecule has 1 N–H and O–H groups in total. The van der Waals surface area contributed by atoms with Gasteiger partial charge in [-0.2, -0.15) is 0 Å². The van der Waals surface area contributed by atoms with Crippen molar-refractivity contribution < 1.29 is 8.81 Å². The van der Waals surface area contributed by atoms with Crippen molar-refractivity contribution in [2.45, 2.75) is 19.4 Å². The Labute approximate surface area is 163 Å². The lowest BCUT2D eigenvalue weighted by molar-refractivity contribution is 0.493. The Kier molecular flexibility index (Phi) is 5.15. The predicted octanol–water partition coefficient (Wildman–Crippen LogP) is 5.64.